The molecule has 1 N–H and O–H groups in total. The number of carbonyl (C=O) groups excluding carboxylic acids is 1. The summed E-state index contributed by atoms with van der Waals surface area (Å²) in [6.07, 6.45) is 0.970. The van der Waals surface area contributed by atoms with Gasteiger partial charge in [-0.1, -0.05) is 89.9 Å². The number of allylic oxidation sites excluding steroid dienone is 1. The highest BCUT2D eigenvalue weighted by atomic mass is 35.5. The zero-order chi connectivity index (χ0) is 25.2. The Morgan fingerprint density at radius 2 is 1.72 bits per heavy atom. The minimum absolute atomic E-state index is 0.170. The highest BCUT2D eigenvalue weighted by molar-refractivity contribution is 6.30. The molecule has 0 saturated carbocycles. The van der Waals surface area contributed by atoms with Gasteiger partial charge in [0.1, 0.15) is 0 Å². The van der Waals surface area contributed by atoms with Gasteiger partial charge in [0.25, 0.3) is 5.89 Å². The van der Waals surface area contributed by atoms with Crippen molar-refractivity contribution in [1.29, 1.82) is 0 Å². The lowest BCUT2D eigenvalue weighted by Crippen LogP contribution is -2.45. The predicted molar refractivity (Wildman–Crippen MR) is 141 cm³/mol. The topological polar surface area (TPSA) is 71.3 Å². The molecule has 1 atom stereocenters. The molecule has 182 valence electrons. The molecule has 1 aliphatic rings. The van der Waals surface area contributed by atoms with Gasteiger partial charge in [0, 0.05) is 16.3 Å². The summed E-state index contributed by atoms with van der Waals surface area (Å²) < 4.78 is 5.77. The van der Waals surface area contributed by atoms with E-state index in [9.17, 15) is 4.79 Å². The molecule has 0 radical (unpaired) electrons. The average molecular weight is 499 g/mol. The van der Waals surface area contributed by atoms with Crippen LogP contribution in [0, 0.1) is 6.92 Å². The van der Waals surface area contributed by atoms with Crippen molar-refractivity contribution in [3.05, 3.63) is 112 Å². The van der Waals surface area contributed by atoms with E-state index in [0.29, 0.717) is 23.3 Å². The first-order valence-electron chi connectivity index (χ1n) is 12.0. The number of aromatic nitrogens is 2. The minimum Gasteiger partial charge on any atom is -0.334 e. The minimum atomic E-state index is -0.426. The van der Waals surface area contributed by atoms with Crippen LogP contribution in [0.5, 0.6) is 0 Å². The van der Waals surface area contributed by atoms with E-state index in [2.05, 4.69) is 41.7 Å². The number of urea groups is 1. The normalized spacial score (nSPS) is 15.8. The Balaban J connectivity index is 1.57. The molecule has 0 aliphatic carbocycles. The van der Waals surface area contributed by atoms with Crippen LogP contribution in [-0.4, -0.2) is 21.1 Å². The summed E-state index contributed by atoms with van der Waals surface area (Å²) in [6, 6.07) is 23.1. The number of carbonyl (C=O) groups is 1. The van der Waals surface area contributed by atoms with Gasteiger partial charge in [-0.2, -0.15) is 4.98 Å². The summed E-state index contributed by atoms with van der Waals surface area (Å²) in [5, 5.41) is 7.97. The Morgan fingerprint density at radius 1 is 1.00 bits per heavy atom. The van der Waals surface area contributed by atoms with Crippen LogP contribution in [0.4, 0.5) is 4.79 Å². The molecule has 0 saturated heterocycles. The van der Waals surface area contributed by atoms with E-state index in [1.165, 1.54) is 5.56 Å². The van der Waals surface area contributed by atoms with Crippen LogP contribution in [0.15, 0.2) is 83.0 Å². The first-order chi connectivity index (χ1) is 17.4. The van der Waals surface area contributed by atoms with Gasteiger partial charge in [0.2, 0.25) is 5.82 Å². The fourth-order valence-corrected chi connectivity index (χ4v) is 4.59. The first kappa shape index (κ1) is 23.8. The second-order valence-electron chi connectivity index (χ2n) is 8.98. The van der Waals surface area contributed by atoms with Gasteiger partial charge < -0.3 is 9.84 Å². The molecule has 0 spiro atoms. The number of hydrogen-bond donors (Lipinski definition) is 1. The second kappa shape index (κ2) is 9.99. The fraction of sp³-hybridized carbons (Fsp3) is 0.207. The van der Waals surface area contributed by atoms with Gasteiger partial charge in [0.15, 0.2) is 0 Å². The Bertz CT molecular complexity index is 1420. The van der Waals surface area contributed by atoms with E-state index in [-0.39, 0.29) is 6.03 Å². The summed E-state index contributed by atoms with van der Waals surface area (Å²) >= 11 is 6.17. The van der Waals surface area contributed by atoms with E-state index >= 15 is 0 Å². The third-order valence-corrected chi connectivity index (χ3v) is 6.75. The Labute approximate surface area is 215 Å². The van der Waals surface area contributed by atoms with Gasteiger partial charge in [-0.25, -0.2) is 4.79 Å². The van der Waals surface area contributed by atoms with Crippen molar-refractivity contribution in [2.75, 3.05) is 0 Å². The fourth-order valence-electron chi connectivity index (χ4n) is 4.40. The van der Waals surface area contributed by atoms with E-state index in [4.69, 9.17) is 21.1 Å². The maximum absolute atomic E-state index is 13.3. The first-order valence-corrected chi connectivity index (χ1v) is 12.3. The summed E-state index contributed by atoms with van der Waals surface area (Å²) in [5.74, 6) is 0.799. The number of benzene rings is 3. The van der Waals surface area contributed by atoms with Crippen molar-refractivity contribution >= 4 is 23.2 Å². The number of nitrogens with zero attached hydrogens (tertiary/aromatic N) is 3. The number of halogens is 1. The molecule has 2 amide bonds. The third kappa shape index (κ3) is 4.77. The van der Waals surface area contributed by atoms with Crippen LogP contribution in [-0.2, 0) is 13.0 Å². The molecule has 2 heterocycles. The van der Waals surface area contributed by atoms with Crippen molar-refractivity contribution in [2.24, 2.45) is 0 Å². The summed E-state index contributed by atoms with van der Waals surface area (Å²) in [7, 11) is 0. The molecule has 5 rings (SSSR count). The molecule has 4 aromatic rings. The van der Waals surface area contributed by atoms with Crippen molar-refractivity contribution in [2.45, 2.75) is 39.8 Å². The van der Waals surface area contributed by atoms with E-state index in [1.54, 1.807) is 17.0 Å². The number of rotatable bonds is 6. The lowest BCUT2D eigenvalue weighted by atomic mass is 9.94. The number of amides is 2. The molecule has 36 heavy (non-hydrogen) atoms. The predicted octanol–water partition coefficient (Wildman–Crippen LogP) is 6.96. The number of hydrogen-bond acceptors (Lipinski definition) is 4. The van der Waals surface area contributed by atoms with Gasteiger partial charge in [0.05, 0.1) is 18.2 Å². The summed E-state index contributed by atoms with van der Waals surface area (Å²) in [5.41, 5.74) is 6.68. The molecule has 1 aliphatic heterocycles. The molecule has 7 heteroatoms. The van der Waals surface area contributed by atoms with E-state index < -0.39 is 6.04 Å². The zero-order valence-corrected chi connectivity index (χ0v) is 21.2. The number of aryl methyl sites for hydroxylation is 2. The molecular weight excluding hydrogens is 472 g/mol. The summed E-state index contributed by atoms with van der Waals surface area (Å²) in [6.45, 7) is 6.52. The highest BCUT2D eigenvalue weighted by Crippen LogP contribution is 2.38. The van der Waals surface area contributed by atoms with Crippen molar-refractivity contribution in [3.63, 3.8) is 0 Å². The number of nitrogens with one attached hydrogen (secondary N) is 1. The molecule has 1 aromatic heterocycles. The standard InChI is InChI=1S/C29H27ClN4O2/c1-4-20-10-12-21(13-11-20)17-34-19(3)25(26(31-29(34)35)22-14-8-18(2)9-15-22)28-32-27(33-36-28)23-6-5-7-24(30)16-23/h5-16,26H,4,17H2,1-3H3,(H,31,35). The molecule has 0 fully saturated rings. The van der Waals surface area contributed by atoms with Crippen LogP contribution in [0.1, 0.15) is 48.0 Å². The van der Waals surface area contributed by atoms with Gasteiger partial charge in [-0.3, -0.25) is 4.90 Å². The van der Waals surface area contributed by atoms with Crippen LogP contribution >= 0.6 is 11.6 Å². The lowest BCUT2D eigenvalue weighted by Gasteiger charge is -2.35. The van der Waals surface area contributed by atoms with Crippen LogP contribution < -0.4 is 5.32 Å². The monoisotopic (exact) mass is 498 g/mol. The molecule has 3 aromatic carbocycles. The average Bonchev–Trinajstić information content (AvgIpc) is 3.37. The largest absolute Gasteiger partial charge is 0.334 e. The molecular formula is C29H27ClN4O2. The van der Waals surface area contributed by atoms with Gasteiger partial charge in [-0.05, 0) is 49.1 Å². The van der Waals surface area contributed by atoms with Gasteiger partial charge in [-0.15, -0.1) is 0 Å². The molecule has 0 bridgehead atoms. The Morgan fingerprint density at radius 3 is 2.42 bits per heavy atom. The lowest BCUT2D eigenvalue weighted by molar-refractivity contribution is 0.203. The van der Waals surface area contributed by atoms with Crippen molar-refractivity contribution in [1.82, 2.24) is 20.4 Å². The smallest absolute Gasteiger partial charge is 0.322 e. The molecule has 6 nitrogen and oxygen atoms in total. The van der Waals surface area contributed by atoms with Crippen molar-refractivity contribution in [3.8, 4) is 11.4 Å². The van der Waals surface area contributed by atoms with Crippen LogP contribution in [0.25, 0.3) is 17.0 Å². The quantitative estimate of drug-likeness (QED) is 0.312. The Kier molecular flexibility index (Phi) is 6.61. The van der Waals surface area contributed by atoms with Crippen LogP contribution in [0.2, 0.25) is 5.02 Å². The third-order valence-electron chi connectivity index (χ3n) is 6.52. The van der Waals surface area contributed by atoms with Crippen molar-refractivity contribution < 1.29 is 9.32 Å². The van der Waals surface area contributed by atoms with E-state index in [1.807, 2.05) is 50.2 Å². The molecule has 1 unspecified atom stereocenters. The zero-order valence-electron chi connectivity index (χ0n) is 20.5. The SMILES string of the molecule is CCc1ccc(CN2C(=O)NC(c3ccc(C)cc3)C(c3nc(-c4cccc(Cl)c4)no3)=C2C)cc1. The van der Waals surface area contributed by atoms with Gasteiger partial charge >= 0.3 is 6.03 Å². The summed E-state index contributed by atoms with van der Waals surface area (Å²) in [4.78, 5) is 19.8. The second-order valence-corrected chi connectivity index (χ2v) is 9.42. The van der Waals surface area contributed by atoms with Crippen LogP contribution in [0.3, 0.4) is 0 Å². The maximum atomic E-state index is 13.3. The maximum Gasteiger partial charge on any atom is 0.322 e. The Hall–Kier alpha value is -3.90. The van der Waals surface area contributed by atoms with E-state index in [0.717, 1.165) is 39.9 Å². The highest BCUT2D eigenvalue weighted by Gasteiger charge is 2.35.